The van der Waals surface area contributed by atoms with Gasteiger partial charge in [0.1, 0.15) is 22.0 Å². The average Bonchev–Trinajstić information content (AvgIpc) is 3.21. The van der Waals surface area contributed by atoms with Crippen LogP contribution < -0.4 is 4.90 Å². The highest BCUT2D eigenvalue weighted by Crippen LogP contribution is 2.36. The molecule has 1 saturated heterocycles. The minimum absolute atomic E-state index is 0.120. The summed E-state index contributed by atoms with van der Waals surface area (Å²) in [6, 6.07) is 13.3. The maximum absolute atomic E-state index is 13.6. The predicted molar refractivity (Wildman–Crippen MR) is 128 cm³/mol. The number of fused-ring (bicyclic) bond motifs is 1. The molecule has 0 radical (unpaired) electrons. The van der Waals surface area contributed by atoms with E-state index in [4.69, 9.17) is 16.6 Å². The maximum atomic E-state index is 13.6. The van der Waals surface area contributed by atoms with Gasteiger partial charge in [-0.2, -0.15) is 0 Å². The van der Waals surface area contributed by atoms with Gasteiger partial charge in [-0.25, -0.2) is 23.7 Å². The van der Waals surface area contributed by atoms with E-state index < -0.39 is 0 Å². The Bertz CT molecular complexity index is 1220. The summed E-state index contributed by atoms with van der Waals surface area (Å²) < 4.78 is 27.3. The molecule has 1 fully saturated rings. The second-order valence-corrected chi connectivity index (χ2v) is 9.67. The minimum Gasteiger partial charge on any atom is -0.342 e. The number of benzene rings is 2. The summed E-state index contributed by atoms with van der Waals surface area (Å²) >= 11 is 7.45. The molecule has 2 atom stereocenters. The quantitative estimate of drug-likeness (QED) is 0.347. The van der Waals surface area contributed by atoms with Crippen LogP contribution in [0.4, 0.5) is 13.9 Å². The van der Waals surface area contributed by atoms with Crippen LogP contribution in [0.3, 0.4) is 0 Å². The molecule has 0 amide bonds. The first-order valence-corrected chi connectivity index (χ1v) is 11.9. The molecule has 0 aliphatic carbocycles. The van der Waals surface area contributed by atoms with Gasteiger partial charge in [-0.15, -0.1) is 0 Å². The summed E-state index contributed by atoms with van der Waals surface area (Å²) in [6.45, 7) is 5.84. The molecular formula is C24H22ClF2N5S. The van der Waals surface area contributed by atoms with Crippen LogP contribution in [0.15, 0.2) is 54.7 Å². The zero-order valence-corrected chi connectivity index (χ0v) is 19.7. The summed E-state index contributed by atoms with van der Waals surface area (Å²) in [6.07, 6.45) is 1.65. The predicted octanol–water partition coefficient (Wildman–Crippen LogP) is 5.71. The molecule has 33 heavy (non-hydrogen) atoms. The molecule has 2 aromatic heterocycles. The first-order chi connectivity index (χ1) is 15.9. The topological polar surface area (TPSA) is 45.2 Å². The Morgan fingerprint density at radius 3 is 2.12 bits per heavy atom. The van der Waals surface area contributed by atoms with E-state index in [0.717, 1.165) is 39.7 Å². The van der Waals surface area contributed by atoms with E-state index in [1.54, 1.807) is 6.20 Å². The van der Waals surface area contributed by atoms with Crippen molar-refractivity contribution in [3.8, 4) is 0 Å². The van der Waals surface area contributed by atoms with Gasteiger partial charge in [0.25, 0.3) is 0 Å². The van der Waals surface area contributed by atoms with E-state index in [2.05, 4.69) is 33.6 Å². The van der Waals surface area contributed by atoms with E-state index in [9.17, 15) is 8.78 Å². The fourth-order valence-electron chi connectivity index (χ4n) is 4.47. The highest BCUT2D eigenvalue weighted by Gasteiger charge is 2.36. The van der Waals surface area contributed by atoms with Crippen molar-refractivity contribution in [3.05, 3.63) is 82.8 Å². The normalized spacial score (nSPS) is 19.5. The standard InChI is InChI=1S/C24H22ClF2N5S/c1-14-13-32(24-29-20-11-28-23(25)30-22(20)33-24)15(2)12-31(14)21(16-3-7-18(26)8-4-16)17-5-9-19(27)10-6-17/h3-11,14-15,21H,12-13H2,1-2H3/t14-,15+/m1/s1. The third-order valence-electron chi connectivity index (χ3n) is 6.09. The molecule has 3 heterocycles. The lowest BCUT2D eigenvalue weighted by molar-refractivity contribution is 0.130. The number of anilines is 1. The third-order valence-corrected chi connectivity index (χ3v) is 7.28. The molecule has 0 saturated carbocycles. The van der Waals surface area contributed by atoms with Gasteiger partial charge in [0.2, 0.25) is 5.28 Å². The summed E-state index contributed by atoms with van der Waals surface area (Å²) in [5, 5.41) is 1.10. The molecule has 9 heteroatoms. The highest BCUT2D eigenvalue weighted by molar-refractivity contribution is 7.21. The van der Waals surface area contributed by atoms with Gasteiger partial charge in [0.15, 0.2) is 5.13 Å². The molecule has 5 nitrogen and oxygen atoms in total. The lowest BCUT2D eigenvalue weighted by Crippen LogP contribution is -2.57. The number of thiazole rings is 1. The SMILES string of the molecule is C[C@@H]1CN(c2nc3cnc(Cl)nc3s2)[C@@H](C)CN1C(c1ccc(F)cc1)c1ccc(F)cc1. The monoisotopic (exact) mass is 485 g/mol. The number of piperazine rings is 1. The van der Waals surface area contributed by atoms with Crippen LogP contribution in [0.25, 0.3) is 10.3 Å². The summed E-state index contributed by atoms with van der Waals surface area (Å²) in [4.78, 5) is 18.5. The molecule has 4 aromatic rings. The molecule has 0 unspecified atom stereocenters. The Morgan fingerprint density at radius 2 is 1.52 bits per heavy atom. The van der Waals surface area contributed by atoms with Gasteiger partial charge in [-0.1, -0.05) is 35.6 Å². The largest absolute Gasteiger partial charge is 0.342 e. The van der Waals surface area contributed by atoms with Crippen molar-refractivity contribution in [2.75, 3.05) is 18.0 Å². The lowest BCUT2D eigenvalue weighted by Gasteiger charge is -2.47. The Balaban J connectivity index is 1.47. The van der Waals surface area contributed by atoms with Crippen molar-refractivity contribution in [1.82, 2.24) is 19.9 Å². The smallest absolute Gasteiger partial charge is 0.223 e. The van der Waals surface area contributed by atoms with Crippen LogP contribution in [0.2, 0.25) is 5.28 Å². The van der Waals surface area contributed by atoms with Crippen LogP contribution in [0.1, 0.15) is 31.0 Å². The number of nitrogens with zero attached hydrogens (tertiary/aromatic N) is 5. The molecule has 2 aromatic carbocycles. The number of hydrogen-bond acceptors (Lipinski definition) is 6. The van der Waals surface area contributed by atoms with Crippen LogP contribution in [0, 0.1) is 11.6 Å². The van der Waals surface area contributed by atoms with E-state index in [1.165, 1.54) is 35.6 Å². The van der Waals surface area contributed by atoms with Crippen LogP contribution in [-0.2, 0) is 0 Å². The Labute approximate surface area is 199 Å². The molecule has 0 N–H and O–H groups in total. The number of aromatic nitrogens is 3. The second kappa shape index (κ2) is 8.93. The van der Waals surface area contributed by atoms with E-state index in [-0.39, 0.29) is 35.0 Å². The number of rotatable bonds is 4. The highest BCUT2D eigenvalue weighted by atomic mass is 35.5. The van der Waals surface area contributed by atoms with Gasteiger partial charge in [0.05, 0.1) is 12.2 Å². The fraction of sp³-hybridized carbons (Fsp3) is 0.292. The average molecular weight is 486 g/mol. The molecule has 1 aliphatic heterocycles. The van der Waals surface area contributed by atoms with E-state index in [0.29, 0.717) is 0 Å². The van der Waals surface area contributed by atoms with Gasteiger partial charge in [0, 0.05) is 25.2 Å². The fourth-order valence-corrected chi connectivity index (χ4v) is 5.68. The van der Waals surface area contributed by atoms with E-state index in [1.807, 2.05) is 24.3 Å². The van der Waals surface area contributed by atoms with E-state index >= 15 is 0 Å². The Morgan fingerprint density at radius 1 is 0.909 bits per heavy atom. The van der Waals surface area contributed by atoms with Crippen molar-refractivity contribution in [3.63, 3.8) is 0 Å². The zero-order chi connectivity index (χ0) is 23.1. The second-order valence-electron chi connectivity index (χ2n) is 8.38. The van der Waals surface area contributed by atoms with Gasteiger partial charge < -0.3 is 4.90 Å². The van der Waals surface area contributed by atoms with Crippen molar-refractivity contribution in [2.24, 2.45) is 0 Å². The van der Waals surface area contributed by atoms with Gasteiger partial charge in [-0.3, -0.25) is 4.90 Å². The zero-order valence-electron chi connectivity index (χ0n) is 18.1. The summed E-state index contributed by atoms with van der Waals surface area (Å²) in [7, 11) is 0. The van der Waals surface area contributed by atoms with Crippen molar-refractivity contribution < 1.29 is 8.78 Å². The molecule has 5 rings (SSSR count). The van der Waals surface area contributed by atoms with Crippen molar-refractivity contribution in [1.29, 1.82) is 0 Å². The molecule has 0 bridgehead atoms. The van der Waals surface area contributed by atoms with Crippen LogP contribution in [-0.4, -0.2) is 45.0 Å². The van der Waals surface area contributed by atoms with Crippen LogP contribution >= 0.6 is 22.9 Å². The number of halogens is 3. The molecule has 1 aliphatic rings. The Kier molecular flexibility index (Phi) is 5.99. The third kappa shape index (κ3) is 4.43. The van der Waals surface area contributed by atoms with Crippen LogP contribution in [0.5, 0.6) is 0 Å². The van der Waals surface area contributed by atoms with Gasteiger partial charge in [-0.05, 0) is 60.8 Å². The molecule has 170 valence electrons. The lowest BCUT2D eigenvalue weighted by atomic mass is 9.93. The minimum atomic E-state index is -0.276. The van der Waals surface area contributed by atoms with Crippen molar-refractivity contribution >= 4 is 38.4 Å². The molecule has 0 spiro atoms. The summed E-state index contributed by atoms with van der Waals surface area (Å²) in [5.74, 6) is -0.552. The molecular weight excluding hydrogens is 464 g/mol. The van der Waals surface area contributed by atoms with Crippen molar-refractivity contribution in [2.45, 2.75) is 32.0 Å². The first kappa shape index (κ1) is 22.1. The first-order valence-electron chi connectivity index (χ1n) is 10.7. The summed E-state index contributed by atoms with van der Waals surface area (Å²) in [5.41, 5.74) is 2.68. The number of hydrogen-bond donors (Lipinski definition) is 0. The maximum Gasteiger partial charge on any atom is 0.223 e. The Hall–Kier alpha value is -2.68. The van der Waals surface area contributed by atoms with Gasteiger partial charge >= 0.3 is 0 Å².